The molecule has 5 heteroatoms. The maximum Gasteiger partial charge on any atom is 0.266 e. The average molecular weight is 305 g/mol. The zero-order valence-corrected chi connectivity index (χ0v) is 10.1. The average Bonchev–Trinajstić information content (AvgIpc) is 2.57. The smallest absolute Gasteiger partial charge is 0.266 e. The van der Waals surface area contributed by atoms with Crippen LogP contribution in [0.2, 0.25) is 0 Å². The largest absolute Gasteiger partial charge is 0.355 e. The molecular weight excluding hydrogens is 293 g/mol. The van der Waals surface area contributed by atoms with Crippen LogP contribution in [-0.4, -0.2) is 23.1 Å². The van der Waals surface area contributed by atoms with Crippen LogP contribution >= 0.6 is 22.6 Å². The topological polar surface area (TPSA) is 49.0 Å². The van der Waals surface area contributed by atoms with Gasteiger partial charge in [0.1, 0.15) is 9.39 Å². The van der Waals surface area contributed by atoms with Crippen molar-refractivity contribution in [3.8, 4) is 0 Å². The normalized spacial score (nSPS) is 21.6. The molecular formula is C9H12IN3O. The Bertz CT molecular complexity index is 390. The molecule has 0 spiro atoms. The fourth-order valence-corrected chi connectivity index (χ4v) is 2.36. The van der Waals surface area contributed by atoms with E-state index in [0.717, 1.165) is 18.9 Å². The van der Waals surface area contributed by atoms with Crippen LogP contribution in [0.1, 0.15) is 13.3 Å². The molecule has 0 aliphatic carbocycles. The number of hydrogen-bond acceptors (Lipinski definition) is 3. The summed E-state index contributed by atoms with van der Waals surface area (Å²) in [6.07, 6.45) is 2.66. The molecule has 1 N–H and O–H groups in total. The van der Waals surface area contributed by atoms with Crippen LogP contribution in [-0.2, 0) is 0 Å². The number of nitrogens with one attached hydrogen (secondary N) is 1. The molecule has 1 saturated heterocycles. The molecule has 76 valence electrons. The molecule has 1 unspecified atom stereocenters. The van der Waals surface area contributed by atoms with Crippen molar-refractivity contribution >= 4 is 28.4 Å². The highest BCUT2D eigenvalue weighted by molar-refractivity contribution is 14.1. The molecule has 14 heavy (non-hydrogen) atoms. The molecule has 0 amide bonds. The summed E-state index contributed by atoms with van der Waals surface area (Å²) in [4.78, 5) is 20.3. The summed E-state index contributed by atoms with van der Waals surface area (Å²) in [6, 6.07) is 0. The van der Waals surface area contributed by atoms with Crippen LogP contribution in [0.25, 0.3) is 0 Å². The van der Waals surface area contributed by atoms with Gasteiger partial charge in [0.05, 0.1) is 6.33 Å². The SMILES string of the molecule is CC1CCN(c2nc[nH]c(=O)c2I)C1. The molecule has 0 radical (unpaired) electrons. The Morgan fingerprint density at radius 3 is 3.14 bits per heavy atom. The van der Waals surface area contributed by atoms with Crippen LogP contribution in [0.3, 0.4) is 0 Å². The lowest BCUT2D eigenvalue weighted by atomic mass is 10.2. The van der Waals surface area contributed by atoms with Crippen molar-refractivity contribution in [3.05, 3.63) is 20.3 Å². The number of nitrogens with zero attached hydrogens (tertiary/aromatic N) is 2. The third kappa shape index (κ3) is 1.77. The third-order valence-electron chi connectivity index (χ3n) is 2.50. The van der Waals surface area contributed by atoms with Gasteiger partial charge in [-0.3, -0.25) is 4.79 Å². The molecule has 0 aromatic carbocycles. The van der Waals surface area contributed by atoms with Gasteiger partial charge in [0.2, 0.25) is 0 Å². The quantitative estimate of drug-likeness (QED) is 0.794. The van der Waals surface area contributed by atoms with Crippen LogP contribution in [0.5, 0.6) is 0 Å². The molecule has 0 bridgehead atoms. The lowest BCUT2D eigenvalue weighted by Crippen LogP contribution is -2.25. The minimum atomic E-state index is -0.0462. The lowest BCUT2D eigenvalue weighted by molar-refractivity contribution is 0.658. The number of anilines is 1. The fraction of sp³-hybridized carbons (Fsp3) is 0.556. The van der Waals surface area contributed by atoms with E-state index in [-0.39, 0.29) is 5.56 Å². The van der Waals surface area contributed by atoms with Gasteiger partial charge in [0, 0.05) is 13.1 Å². The van der Waals surface area contributed by atoms with Gasteiger partial charge < -0.3 is 9.88 Å². The van der Waals surface area contributed by atoms with Gasteiger partial charge in [-0.2, -0.15) is 0 Å². The third-order valence-corrected chi connectivity index (χ3v) is 3.47. The van der Waals surface area contributed by atoms with E-state index < -0.39 is 0 Å². The first kappa shape index (κ1) is 9.95. The van der Waals surface area contributed by atoms with Crippen molar-refractivity contribution in [2.75, 3.05) is 18.0 Å². The predicted molar refractivity (Wildman–Crippen MR) is 63.6 cm³/mol. The molecule has 2 rings (SSSR count). The van der Waals surface area contributed by atoms with E-state index in [1.165, 1.54) is 12.7 Å². The van der Waals surface area contributed by atoms with Crippen molar-refractivity contribution in [2.45, 2.75) is 13.3 Å². The molecule has 1 atom stereocenters. The zero-order chi connectivity index (χ0) is 10.1. The van der Waals surface area contributed by atoms with E-state index in [9.17, 15) is 4.79 Å². The first-order valence-corrected chi connectivity index (χ1v) is 5.74. The Balaban J connectivity index is 2.33. The van der Waals surface area contributed by atoms with Crippen molar-refractivity contribution in [1.29, 1.82) is 0 Å². The second-order valence-electron chi connectivity index (χ2n) is 3.71. The molecule has 2 heterocycles. The maximum atomic E-state index is 11.3. The number of aromatic amines is 1. The van der Waals surface area contributed by atoms with Crippen LogP contribution in [0.15, 0.2) is 11.1 Å². The Hall–Kier alpha value is -0.590. The molecule has 1 aromatic rings. The van der Waals surface area contributed by atoms with Gasteiger partial charge in [-0.25, -0.2) is 4.98 Å². The Kier molecular flexibility index (Phi) is 2.76. The van der Waals surface area contributed by atoms with Crippen LogP contribution in [0.4, 0.5) is 5.82 Å². The van der Waals surface area contributed by atoms with E-state index in [1.54, 1.807) is 0 Å². The molecule has 1 fully saturated rings. The molecule has 1 aliphatic heterocycles. The van der Waals surface area contributed by atoms with Gasteiger partial charge in [-0.15, -0.1) is 0 Å². The van der Waals surface area contributed by atoms with Crippen molar-refractivity contribution in [3.63, 3.8) is 0 Å². The fourth-order valence-electron chi connectivity index (χ4n) is 1.72. The van der Waals surface area contributed by atoms with Gasteiger partial charge in [-0.1, -0.05) is 6.92 Å². The van der Waals surface area contributed by atoms with E-state index in [0.29, 0.717) is 9.49 Å². The summed E-state index contributed by atoms with van der Waals surface area (Å²) in [7, 11) is 0. The highest BCUT2D eigenvalue weighted by Gasteiger charge is 2.22. The minimum absolute atomic E-state index is 0.0462. The van der Waals surface area contributed by atoms with Gasteiger partial charge in [-0.05, 0) is 34.9 Å². The number of rotatable bonds is 1. The number of hydrogen-bond donors (Lipinski definition) is 1. The van der Waals surface area contributed by atoms with E-state index >= 15 is 0 Å². The highest BCUT2D eigenvalue weighted by atomic mass is 127. The standard InChI is InChI=1S/C9H12IN3O/c1-6-2-3-13(4-6)8-7(10)9(14)12-5-11-8/h5-6H,2-4H2,1H3,(H,11,12,14). The van der Waals surface area contributed by atoms with Crippen LogP contribution < -0.4 is 10.5 Å². The Labute approximate surface area is 95.9 Å². The first-order chi connectivity index (χ1) is 6.68. The van der Waals surface area contributed by atoms with Crippen LogP contribution in [0, 0.1) is 9.49 Å². The number of H-pyrrole nitrogens is 1. The molecule has 1 aromatic heterocycles. The minimum Gasteiger partial charge on any atom is -0.355 e. The summed E-state index contributed by atoms with van der Waals surface area (Å²) in [5.74, 6) is 1.53. The van der Waals surface area contributed by atoms with E-state index in [1.807, 2.05) is 0 Å². The van der Waals surface area contributed by atoms with Crippen molar-refractivity contribution < 1.29 is 0 Å². The van der Waals surface area contributed by atoms with E-state index in [2.05, 4.69) is 44.4 Å². The monoisotopic (exact) mass is 305 g/mol. The Morgan fingerprint density at radius 2 is 2.50 bits per heavy atom. The van der Waals surface area contributed by atoms with Crippen molar-refractivity contribution in [2.24, 2.45) is 5.92 Å². The summed E-state index contributed by atoms with van der Waals surface area (Å²) < 4.78 is 0.694. The Morgan fingerprint density at radius 1 is 1.71 bits per heavy atom. The van der Waals surface area contributed by atoms with Gasteiger partial charge in [0.25, 0.3) is 5.56 Å². The van der Waals surface area contributed by atoms with E-state index in [4.69, 9.17) is 0 Å². The molecule has 4 nitrogen and oxygen atoms in total. The summed E-state index contributed by atoms with van der Waals surface area (Å²) >= 11 is 2.05. The zero-order valence-electron chi connectivity index (χ0n) is 7.96. The highest BCUT2D eigenvalue weighted by Crippen LogP contribution is 2.23. The predicted octanol–water partition coefficient (Wildman–Crippen LogP) is 1.22. The van der Waals surface area contributed by atoms with Gasteiger partial charge >= 0.3 is 0 Å². The second-order valence-corrected chi connectivity index (χ2v) is 4.79. The van der Waals surface area contributed by atoms with Gasteiger partial charge in [0.15, 0.2) is 0 Å². The molecule has 1 aliphatic rings. The molecule has 0 saturated carbocycles. The second kappa shape index (κ2) is 3.88. The lowest BCUT2D eigenvalue weighted by Gasteiger charge is -2.17. The number of halogens is 1. The summed E-state index contributed by atoms with van der Waals surface area (Å²) in [6.45, 7) is 4.24. The first-order valence-electron chi connectivity index (χ1n) is 4.66. The number of aromatic nitrogens is 2. The maximum absolute atomic E-state index is 11.3. The summed E-state index contributed by atoms with van der Waals surface area (Å²) in [5, 5.41) is 0. The van der Waals surface area contributed by atoms with Crippen molar-refractivity contribution in [1.82, 2.24) is 9.97 Å². The summed E-state index contributed by atoms with van der Waals surface area (Å²) in [5.41, 5.74) is -0.0462.